The van der Waals surface area contributed by atoms with Crippen LogP contribution in [-0.2, 0) is 7.05 Å². The zero-order chi connectivity index (χ0) is 12.6. The van der Waals surface area contributed by atoms with Crippen LogP contribution in [0.3, 0.4) is 0 Å². The number of hydrogen-bond acceptors (Lipinski definition) is 3. The molecule has 0 amide bonds. The number of anilines is 1. The summed E-state index contributed by atoms with van der Waals surface area (Å²) in [6.07, 6.45) is 0. The number of nitrogens with zero attached hydrogens (tertiary/aromatic N) is 2. The molecule has 88 valence electrons. The van der Waals surface area contributed by atoms with Gasteiger partial charge >= 0.3 is 5.69 Å². The molecule has 5 heteroatoms. The molecule has 0 fully saturated rings. The van der Waals surface area contributed by atoms with Crippen molar-refractivity contribution < 1.29 is 0 Å². The highest BCUT2D eigenvalue weighted by atomic mass is 16.2. The number of hydrogen-bond donors (Lipinski definition) is 1. The van der Waals surface area contributed by atoms with Crippen LogP contribution in [0.4, 0.5) is 5.69 Å². The van der Waals surface area contributed by atoms with Crippen molar-refractivity contribution in [2.45, 2.75) is 6.92 Å². The fourth-order valence-corrected chi connectivity index (χ4v) is 1.72. The van der Waals surface area contributed by atoms with Crippen molar-refractivity contribution in [2.24, 2.45) is 7.05 Å². The van der Waals surface area contributed by atoms with Crippen LogP contribution in [0.5, 0.6) is 0 Å². The molecule has 0 radical (unpaired) electrons. The van der Waals surface area contributed by atoms with Gasteiger partial charge in [0.05, 0.1) is 11.4 Å². The van der Waals surface area contributed by atoms with Gasteiger partial charge in [0.25, 0.3) is 5.56 Å². The Hall–Kier alpha value is -2.30. The van der Waals surface area contributed by atoms with Crippen molar-refractivity contribution in [3.8, 4) is 5.69 Å². The Bertz CT molecular complexity index is 669. The van der Waals surface area contributed by atoms with Crippen LogP contribution in [0.1, 0.15) is 5.69 Å². The standard InChI is InChI=1S/C12H13N3O2/c1-8-10(13)11(16)14(2)12(17)15(8)9-6-4-3-5-7-9/h3-7H,13H2,1-2H3. The van der Waals surface area contributed by atoms with Crippen molar-refractivity contribution in [1.29, 1.82) is 0 Å². The van der Waals surface area contributed by atoms with E-state index in [1.807, 2.05) is 18.2 Å². The summed E-state index contributed by atoms with van der Waals surface area (Å²) in [7, 11) is 1.42. The van der Waals surface area contributed by atoms with E-state index in [1.54, 1.807) is 19.1 Å². The molecule has 17 heavy (non-hydrogen) atoms. The Balaban J connectivity index is 2.90. The molecule has 2 aromatic rings. The molecule has 0 spiro atoms. The number of nitrogens with two attached hydrogens (primary N) is 1. The van der Waals surface area contributed by atoms with Crippen molar-refractivity contribution in [3.05, 3.63) is 56.9 Å². The molecule has 1 aromatic heterocycles. The number of benzene rings is 1. The first-order chi connectivity index (χ1) is 8.04. The lowest BCUT2D eigenvalue weighted by Crippen LogP contribution is -2.40. The summed E-state index contributed by atoms with van der Waals surface area (Å²) in [5.41, 5.74) is 6.09. The molecule has 0 saturated heterocycles. The van der Waals surface area contributed by atoms with E-state index in [-0.39, 0.29) is 5.69 Å². The molecule has 0 aliphatic rings. The molecular formula is C12H13N3O2. The van der Waals surface area contributed by atoms with E-state index in [2.05, 4.69) is 0 Å². The zero-order valence-electron chi connectivity index (χ0n) is 9.68. The van der Waals surface area contributed by atoms with Gasteiger partial charge < -0.3 is 5.73 Å². The summed E-state index contributed by atoms with van der Waals surface area (Å²) in [5, 5.41) is 0. The lowest BCUT2D eigenvalue weighted by Gasteiger charge is -2.13. The summed E-state index contributed by atoms with van der Waals surface area (Å²) in [6, 6.07) is 9.08. The van der Waals surface area contributed by atoms with Crippen molar-refractivity contribution in [3.63, 3.8) is 0 Å². The van der Waals surface area contributed by atoms with E-state index < -0.39 is 11.2 Å². The Morgan fingerprint density at radius 1 is 1.12 bits per heavy atom. The topological polar surface area (TPSA) is 70.0 Å². The molecule has 0 aliphatic heterocycles. The molecule has 5 nitrogen and oxygen atoms in total. The van der Waals surface area contributed by atoms with E-state index in [0.29, 0.717) is 11.4 Å². The summed E-state index contributed by atoms with van der Waals surface area (Å²) in [5.74, 6) is 0. The monoisotopic (exact) mass is 231 g/mol. The SMILES string of the molecule is Cc1c(N)c(=O)n(C)c(=O)n1-c1ccccc1. The van der Waals surface area contributed by atoms with Crippen molar-refractivity contribution in [2.75, 3.05) is 5.73 Å². The third-order valence-electron chi connectivity index (χ3n) is 2.75. The van der Waals surface area contributed by atoms with Gasteiger partial charge in [-0.2, -0.15) is 0 Å². The van der Waals surface area contributed by atoms with Gasteiger partial charge in [0.1, 0.15) is 5.69 Å². The van der Waals surface area contributed by atoms with Gasteiger partial charge in [-0.15, -0.1) is 0 Å². The summed E-state index contributed by atoms with van der Waals surface area (Å²) in [4.78, 5) is 23.7. The van der Waals surface area contributed by atoms with Crippen molar-refractivity contribution in [1.82, 2.24) is 9.13 Å². The minimum Gasteiger partial charge on any atom is -0.393 e. The highest BCUT2D eigenvalue weighted by molar-refractivity contribution is 5.45. The lowest BCUT2D eigenvalue weighted by atomic mass is 10.3. The van der Waals surface area contributed by atoms with E-state index in [0.717, 1.165) is 4.57 Å². The summed E-state index contributed by atoms with van der Waals surface area (Å²) >= 11 is 0. The number of nitrogen functional groups attached to an aromatic ring is 1. The third kappa shape index (κ3) is 1.65. The largest absolute Gasteiger partial charge is 0.393 e. The molecule has 0 aliphatic carbocycles. The molecule has 1 heterocycles. The van der Waals surface area contributed by atoms with Crippen LogP contribution >= 0.6 is 0 Å². The average Bonchev–Trinajstić information content (AvgIpc) is 2.36. The van der Waals surface area contributed by atoms with Gasteiger partial charge in [-0.3, -0.25) is 13.9 Å². The second-order valence-corrected chi connectivity index (χ2v) is 3.82. The first-order valence-corrected chi connectivity index (χ1v) is 5.17. The van der Waals surface area contributed by atoms with Gasteiger partial charge in [-0.1, -0.05) is 18.2 Å². The third-order valence-corrected chi connectivity index (χ3v) is 2.75. The van der Waals surface area contributed by atoms with Crippen LogP contribution in [0.25, 0.3) is 5.69 Å². The quantitative estimate of drug-likeness (QED) is 0.773. The molecule has 0 unspecified atom stereocenters. The highest BCUT2D eigenvalue weighted by Crippen LogP contribution is 2.09. The Kier molecular flexibility index (Phi) is 2.59. The van der Waals surface area contributed by atoms with E-state index in [1.165, 1.54) is 11.6 Å². The second-order valence-electron chi connectivity index (χ2n) is 3.82. The number of rotatable bonds is 1. The zero-order valence-corrected chi connectivity index (χ0v) is 9.68. The van der Waals surface area contributed by atoms with Crippen LogP contribution in [0.15, 0.2) is 39.9 Å². The first kappa shape index (κ1) is 11.2. The molecule has 0 bridgehead atoms. The second kappa shape index (κ2) is 3.93. The maximum absolute atomic E-state index is 12.0. The fraction of sp³-hybridized carbons (Fsp3) is 0.167. The van der Waals surface area contributed by atoms with Crippen LogP contribution in [0.2, 0.25) is 0 Å². The van der Waals surface area contributed by atoms with Crippen molar-refractivity contribution >= 4 is 5.69 Å². The predicted octanol–water partition coefficient (Wildman–Crippen LogP) is 0.427. The highest BCUT2D eigenvalue weighted by Gasteiger charge is 2.12. The van der Waals surface area contributed by atoms with Gasteiger partial charge in [0, 0.05) is 7.05 Å². The minimum absolute atomic E-state index is 0.0935. The average molecular weight is 231 g/mol. The smallest absolute Gasteiger partial charge is 0.335 e. The Morgan fingerprint density at radius 2 is 1.71 bits per heavy atom. The van der Waals surface area contributed by atoms with Gasteiger partial charge in [-0.25, -0.2) is 4.79 Å². The summed E-state index contributed by atoms with van der Waals surface area (Å²) in [6.45, 7) is 1.66. The number of para-hydroxylation sites is 1. The van der Waals surface area contributed by atoms with Gasteiger partial charge in [0.15, 0.2) is 0 Å². The molecule has 2 N–H and O–H groups in total. The van der Waals surface area contributed by atoms with Crippen LogP contribution in [0, 0.1) is 6.92 Å². The Morgan fingerprint density at radius 3 is 2.29 bits per heavy atom. The summed E-state index contributed by atoms with van der Waals surface area (Å²) < 4.78 is 2.44. The van der Waals surface area contributed by atoms with Crippen LogP contribution in [-0.4, -0.2) is 9.13 Å². The van der Waals surface area contributed by atoms with E-state index in [9.17, 15) is 9.59 Å². The minimum atomic E-state index is -0.459. The van der Waals surface area contributed by atoms with Gasteiger partial charge in [-0.05, 0) is 19.1 Å². The maximum atomic E-state index is 12.0. The van der Waals surface area contributed by atoms with E-state index >= 15 is 0 Å². The maximum Gasteiger partial charge on any atom is 0.335 e. The lowest BCUT2D eigenvalue weighted by molar-refractivity contribution is 0.718. The Labute approximate surface area is 97.7 Å². The van der Waals surface area contributed by atoms with E-state index in [4.69, 9.17) is 5.73 Å². The predicted molar refractivity (Wildman–Crippen MR) is 66.4 cm³/mol. The molecular weight excluding hydrogens is 218 g/mol. The normalized spacial score (nSPS) is 10.5. The first-order valence-electron chi connectivity index (χ1n) is 5.17. The molecule has 1 aromatic carbocycles. The van der Waals surface area contributed by atoms with Gasteiger partial charge in [0.2, 0.25) is 0 Å². The molecule has 0 atom stereocenters. The number of aromatic nitrogens is 2. The molecule has 0 saturated carbocycles. The fourth-order valence-electron chi connectivity index (χ4n) is 1.72. The van der Waals surface area contributed by atoms with Crippen LogP contribution < -0.4 is 17.0 Å². The molecule has 2 rings (SSSR count).